The van der Waals surface area contributed by atoms with Gasteiger partial charge in [0, 0.05) is 19.0 Å². The average Bonchev–Trinajstić information content (AvgIpc) is 2.65. The molecule has 2 aromatic carbocycles. The van der Waals surface area contributed by atoms with Gasteiger partial charge in [-0.25, -0.2) is 4.68 Å². The topological polar surface area (TPSA) is 95.3 Å². The monoisotopic (exact) mass is 364 g/mol. The molecule has 0 saturated carbocycles. The molecule has 138 valence electrons. The summed E-state index contributed by atoms with van der Waals surface area (Å²) >= 11 is 0. The van der Waals surface area contributed by atoms with Gasteiger partial charge in [0.1, 0.15) is 12.2 Å². The predicted molar refractivity (Wildman–Crippen MR) is 98.0 cm³/mol. The van der Waals surface area contributed by atoms with Gasteiger partial charge < -0.3 is 14.8 Å². The van der Waals surface area contributed by atoms with Crippen LogP contribution in [-0.2, 0) is 17.9 Å². The van der Waals surface area contributed by atoms with Crippen molar-refractivity contribution < 1.29 is 14.7 Å². The number of aromatic nitrogens is 2. The van der Waals surface area contributed by atoms with Gasteiger partial charge in [-0.3, -0.25) is 9.59 Å². The Morgan fingerprint density at radius 3 is 2.37 bits per heavy atom. The summed E-state index contributed by atoms with van der Waals surface area (Å²) in [6.07, 6.45) is 0. The number of hydrogen-bond acceptors (Lipinski definition) is 5. The van der Waals surface area contributed by atoms with E-state index in [0.29, 0.717) is 6.54 Å². The zero-order valence-corrected chi connectivity index (χ0v) is 15.0. The standard InChI is InChI=1S/C20H19N3O4/c1-13-7-3-4-8-14(13)11-22(2)17(24)12-23-19(25)16-10-6-5-9-15(16)18(21-23)20(26)27/h3-10H,11-12H2,1-2H3,(H,26,27)/p-1. The lowest BCUT2D eigenvalue weighted by Gasteiger charge is -2.19. The summed E-state index contributed by atoms with van der Waals surface area (Å²) < 4.78 is 0.879. The normalized spacial score (nSPS) is 10.7. The van der Waals surface area contributed by atoms with Gasteiger partial charge in [-0.15, -0.1) is 0 Å². The first-order chi connectivity index (χ1) is 12.9. The number of carboxylic acid groups (broad SMARTS) is 1. The van der Waals surface area contributed by atoms with Crippen LogP contribution in [0.3, 0.4) is 0 Å². The van der Waals surface area contributed by atoms with Gasteiger partial charge in [-0.1, -0.05) is 42.5 Å². The van der Waals surface area contributed by atoms with Gasteiger partial charge in [0.15, 0.2) is 0 Å². The van der Waals surface area contributed by atoms with Crippen molar-refractivity contribution >= 4 is 22.6 Å². The molecule has 1 aromatic heterocycles. The van der Waals surface area contributed by atoms with Crippen molar-refractivity contribution in [1.82, 2.24) is 14.7 Å². The van der Waals surface area contributed by atoms with Gasteiger partial charge in [-0.05, 0) is 24.1 Å². The maximum atomic E-state index is 12.6. The summed E-state index contributed by atoms with van der Waals surface area (Å²) in [4.78, 5) is 38.0. The molecular weight excluding hydrogens is 346 g/mol. The number of carbonyl (C=O) groups excluding carboxylic acids is 2. The molecule has 7 nitrogen and oxygen atoms in total. The molecule has 7 heteroatoms. The lowest BCUT2D eigenvalue weighted by molar-refractivity contribution is -0.255. The van der Waals surface area contributed by atoms with Crippen LogP contribution in [0.25, 0.3) is 10.8 Å². The molecule has 0 aliphatic carbocycles. The molecule has 0 radical (unpaired) electrons. The fourth-order valence-corrected chi connectivity index (χ4v) is 2.87. The van der Waals surface area contributed by atoms with Crippen molar-refractivity contribution in [2.24, 2.45) is 0 Å². The molecule has 0 atom stereocenters. The van der Waals surface area contributed by atoms with Crippen LogP contribution >= 0.6 is 0 Å². The zero-order valence-electron chi connectivity index (χ0n) is 15.0. The highest BCUT2D eigenvalue weighted by atomic mass is 16.4. The third kappa shape index (κ3) is 3.72. The van der Waals surface area contributed by atoms with Crippen LogP contribution in [0.2, 0.25) is 0 Å². The molecule has 0 spiro atoms. The van der Waals surface area contributed by atoms with E-state index in [1.54, 1.807) is 19.2 Å². The van der Waals surface area contributed by atoms with Crippen molar-refractivity contribution in [2.75, 3.05) is 7.05 Å². The van der Waals surface area contributed by atoms with Crippen LogP contribution in [0.15, 0.2) is 53.3 Å². The van der Waals surface area contributed by atoms with Crippen LogP contribution in [0.4, 0.5) is 0 Å². The second kappa shape index (κ2) is 7.41. The van der Waals surface area contributed by atoms with Crippen molar-refractivity contribution in [1.29, 1.82) is 0 Å². The second-order valence-electron chi connectivity index (χ2n) is 6.32. The van der Waals surface area contributed by atoms with Gasteiger partial charge in [0.05, 0.1) is 11.4 Å². The van der Waals surface area contributed by atoms with E-state index in [-0.39, 0.29) is 28.9 Å². The van der Waals surface area contributed by atoms with E-state index in [9.17, 15) is 19.5 Å². The molecule has 0 saturated heterocycles. The lowest BCUT2D eigenvalue weighted by Crippen LogP contribution is -2.37. The Morgan fingerprint density at radius 1 is 1.07 bits per heavy atom. The fraction of sp³-hybridized carbons (Fsp3) is 0.200. The van der Waals surface area contributed by atoms with E-state index in [2.05, 4.69) is 5.10 Å². The number of hydrogen-bond donors (Lipinski definition) is 0. The maximum absolute atomic E-state index is 12.6. The molecule has 1 heterocycles. The highest BCUT2D eigenvalue weighted by Crippen LogP contribution is 2.13. The molecule has 0 bridgehead atoms. The van der Waals surface area contributed by atoms with Gasteiger partial charge in [-0.2, -0.15) is 5.10 Å². The Hall–Kier alpha value is -3.48. The Bertz CT molecular complexity index is 1090. The summed E-state index contributed by atoms with van der Waals surface area (Å²) in [6, 6.07) is 13.9. The van der Waals surface area contributed by atoms with E-state index in [1.165, 1.54) is 17.0 Å². The third-order valence-corrected chi connectivity index (χ3v) is 4.44. The molecule has 0 aliphatic rings. The van der Waals surface area contributed by atoms with E-state index in [0.717, 1.165) is 15.8 Å². The first-order valence-corrected chi connectivity index (χ1v) is 8.38. The van der Waals surface area contributed by atoms with E-state index < -0.39 is 11.5 Å². The van der Waals surface area contributed by atoms with Crippen LogP contribution < -0.4 is 10.7 Å². The fourth-order valence-electron chi connectivity index (χ4n) is 2.87. The lowest BCUT2D eigenvalue weighted by atomic mass is 10.1. The number of benzene rings is 2. The van der Waals surface area contributed by atoms with Crippen LogP contribution in [0.1, 0.15) is 21.6 Å². The summed E-state index contributed by atoms with van der Waals surface area (Å²) in [5.74, 6) is -1.85. The van der Waals surface area contributed by atoms with Crippen molar-refractivity contribution in [2.45, 2.75) is 20.0 Å². The van der Waals surface area contributed by atoms with E-state index in [1.807, 2.05) is 31.2 Å². The number of likely N-dealkylation sites (N-methyl/N-ethyl adjacent to an activating group) is 1. The van der Waals surface area contributed by atoms with Crippen molar-refractivity contribution in [3.63, 3.8) is 0 Å². The highest BCUT2D eigenvalue weighted by molar-refractivity contribution is 6.00. The SMILES string of the molecule is Cc1ccccc1CN(C)C(=O)Cn1nc(C(=O)[O-])c2ccccc2c1=O. The second-order valence-corrected chi connectivity index (χ2v) is 6.32. The molecule has 1 amide bonds. The maximum Gasteiger partial charge on any atom is 0.275 e. The minimum Gasteiger partial charge on any atom is -0.543 e. The van der Waals surface area contributed by atoms with E-state index >= 15 is 0 Å². The molecule has 27 heavy (non-hydrogen) atoms. The molecule has 0 aliphatic heterocycles. The predicted octanol–water partition coefficient (Wildman–Crippen LogP) is 0.727. The summed E-state index contributed by atoms with van der Waals surface area (Å²) in [5.41, 5.74) is 1.16. The smallest absolute Gasteiger partial charge is 0.275 e. The number of aromatic carboxylic acids is 1. The quantitative estimate of drug-likeness (QED) is 0.665. The summed E-state index contributed by atoms with van der Waals surface area (Å²) in [7, 11) is 1.63. The van der Waals surface area contributed by atoms with Gasteiger partial charge in [0.25, 0.3) is 5.56 Å². The summed E-state index contributed by atoms with van der Waals surface area (Å²) in [6.45, 7) is 1.97. The number of rotatable bonds is 5. The van der Waals surface area contributed by atoms with Crippen molar-refractivity contribution in [3.05, 3.63) is 75.7 Å². The number of amides is 1. The summed E-state index contributed by atoms with van der Waals surface area (Å²) in [5, 5.41) is 15.6. The van der Waals surface area contributed by atoms with Crippen LogP contribution in [0.5, 0.6) is 0 Å². The number of nitrogens with zero attached hydrogens (tertiary/aromatic N) is 3. The largest absolute Gasteiger partial charge is 0.543 e. The first kappa shape index (κ1) is 18.3. The van der Waals surface area contributed by atoms with Crippen molar-refractivity contribution in [3.8, 4) is 0 Å². The molecular formula is C20H18N3O4-. The zero-order chi connectivity index (χ0) is 19.6. The number of carbonyl (C=O) groups is 2. The van der Waals surface area contributed by atoms with Gasteiger partial charge in [0.2, 0.25) is 5.91 Å². The van der Waals surface area contributed by atoms with Gasteiger partial charge >= 0.3 is 0 Å². The number of carboxylic acids is 1. The molecule has 0 N–H and O–H groups in total. The van der Waals surface area contributed by atoms with Crippen LogP contribution in [-0.4, -0.2) is 33.6 Å². The Balaban J connectivity index is 1.91. The molecule has 3 rings (SSSR count). The number of aryl methyl sites for hydroxylation is 1. The Kier molecular flexibility index (Phi) is 5.03. The minimum absolute atomic E-state index is 0.182. The number of fused-ring (bicyclic) bond motifs is 1. The molecule has 0 fully saturated rings. The van der Waals surface area contributed by atoms with Crippen LogP contribution in [0, 0.1) is 6.92 Å². The Morgan fingerprint density at radius 2 is 1.70 bits per heavy atom. The minimum atomic E-state index is -1.50. The first-order valence-electron chi connectivity index (χ1n) is 8.38. The third-order valence-electron chi connectivity index (χ3n) is 4.44. The Labute approximate surface area is 155 Å². The molecule has 0 unspecified atom stereocenters. The van der Waals surface area contributed by atoms with E-state index in [4.69, 9.17) is 0 Å². The molecule has 3 aromatic rings. The average molecular weight is 364 g/mol. The highest BCUT2D eigenvalue weighted by Gasteiger charge is 2.16.